The molecule has 0 radical (unpaired) electrons. The van der Waals surface area contributed by atoms with Gasteiger partial charge in [-0.2, -0.15) is 0 Å². The molecule has 2 aromatic rings. The van der Waals surface area contributed by atoms with Crippen LogP contribution in [0.3, 0.4) is 0 Å². The highest BCUT2D eigenvalue weighted by molar-refractivity contribution is 6.11. The van der Waals surface area contributed by atoms with Crippen molar-refractivity contribution in [2.45, 2.75) is 44.9 Å². The average molecular weight is 440 g/mol. The number of ether oxygens (including phenoxy) is 2. The number of aliphatic hydroxyl groups is 1. The van der Waals surface area contributed by atoms with Crippen molar-refractivity contribution < 1.29 is 24.2 Å². The SMILES string of the molecule is COc1ccc(OC)c(NC(=O)[C@H]2C[C@H]([C@@H](C)O)N[C@]23C(=O)Nc2c(C)cc(C)cc23)c1. The maximum Gasteiger partial charge on any atom is 0.250 e. The summed E-state index contributed by atoms with van der Waals surface area (Å²) in [5.41, 5.74) is 2.56. The van der Waals surface area contributed by atoms with Crippen molar-refractivity contribution in [3.63, 3.8) is 0 Å². The molecule has 8 heteroatoms. The molecular formula is C24H29N3O5. The molecule has 8 nitrogen and oxygen atoms in total. The largest absolute Gasteiger partial charge is 0.497 e. The van der Waals surface area contributed by atoms with Gasteiger partial charge >= 0.3 is 0 Å². The lowest BCUT2D eigenvalue weighted by molar-refractivity contribution is -0.130. The molecule has 0 aliphatic carbocycles. The number of carbonyl (C=O) groups excluding carboxylic acids is 2. The van der Waals surface area contributed by atoms with Crippen LogP contribution in [0.4, 0.5) is 11.4 Å². The smallest absolute Gasteiger partial charge is 0.250 e. The highest BCUT2D eigenvalue weighted by Crippen LogP contribution is 2.49. The highest BCUT2D eigenvalue weighted by atomic mass is 16.5. The van der Waals surface area contributed by atoms with Crippen molar-refractivity contribution in [3.05, 3.63) is 47.0 Å². The van der Waals surface area contributed by atoms with Crippen molar-refractivity contribution in [1.29, 1.82) is 0 Å². The standard InChI is InChI=1S/C24H29N3O5/c1-12-8-13(2)21-16(9-12)24(23(30)26-21)17(11-18(27-24)14(3)28)22(29)25-19-10-15(31-4)6-7-20(19)32-5/h6-10,14,17-18,27-28H,11H2,1-5H3,(H,25,29)(H,26,30)/t14-,17-,18-,24+/m1/s1. The van der Waals surface area contributed by atoms with Gasteiger partial charge in [-0.05, 0) is 44.9 Å². The van der Waals surface area contributed by atoms with Crippen LogP contribution >= 0.6 is 0 Å². The quantitative estimate of drug-likeness (QED) is 0.570. The molecule has 4 N–H and O–H groups in total. The van der Waals surface area contributed by atoms with E-state index in [0.717, 1.165) is 22.4 Å². The van der Waals surface area contributed by atoms with E-state index in [1.54, 1.807) is 32.2 Å². The van der Waals surface area contributed by atoms with E-state index in [0.29, 0.717) is 23.6 Å². The van der Waals surface area contributed by atoms with Crippen LogP contribution in [0.2, 0.25) is 0 Å². The molecule has 1 spiro atoms. The number of benzene rings is 2. The summed E-state index contributed by atoms with van der Waals surface area (Å²) in [5, 5.41) is 19.5. The number of nitrogens with one attached hydrogen (secondary N) is 3. The number of carbonyl (C=O) groups is 2. The Morgan fingerprint density at radius 2 is 1.97 bits per heavy atom. The van der Waals surface area contributed by atoms with Crippen molar-refractivity contribution in [1.82, 2.24) is 5.32 Å². The molecule has 2 aliphatic rings. The Bertz CT molecular complexity index is 1080. The van der Waals surface area contributed by atoms with Gasteiger partial charge in [0.15, 0.2) is 0 Å². The Morgan fingerprint density at radius 1 is 1.22 bits per heavy atom. The van der Waals surface area contributed by atoms with E-state index in [4.69, 9.17) is 9.47 Å². The summed E-state index contributed by atoms with van der Waals surface area (Å²) >= 11 is 0. The number of aliphatic hydroxyl groups excluding tert-OH is 1. The fourth-order valence-electron chi connectivity index (χ4n) is 4.90. The van der Waals surface area contributed by atoms with Crippen molar-refractivity contribution in [2.75, 3.05) is 24.9 Å². The topological polar surface area (TPSA) is 109 Å². The number of hydrogen-bond donors (Lipinski definition) is 4. The molecule has 0 aromatic heterocycles. The van der Waals surface area contributed by atoms with Crippen LogP contribution in [0.1, 0.15) is 30.0 Å². The Labute approximate surface area is 187 Å². The number of anilines is 2. The van der Waals surface area contributed by atoms with Gasteiger partial charge in [0.25, 0.3) is 0 Å². The van der Waals surface area contributed by atoms with Gasteiger partial charge in [-0.15, -0.1) is 0 Å². The van der Waals surface area contributed by atoms with Gasteiger partial charge in [0.1, 0.15) is 17.0 Å². The fraction of sp³-hybridized carbons (Fsp3) is 0.417. The third-order valence-electron chi connectivity index (χ3n) is 6.49. The Hall–Kier alpha value is -3.10. The van der Waals surface area contributed by atoms with Gasteiger partial charge in [-0.25, -0.2) is 0 Å². The molecule has 2 aromatic carbocycles. The van der Waals surface area contributed by atoms with E-state index in [1.165, 1.54) is 7.11 Å². The minimum atomic E-state index is -1.27. The van der Waals surface area contributed by atoms with Crippen molar-refractivity contribution >= 4 is 23.2 Å². The zero-order chi connectivity index (χ0) is 23.2. The second kappa shape index (κ2) is 8.11. The molecule has 2 heterocycles. The molecule has 4 rings (SSSR count). The van der Waals surface area contributed by atoms with Gasteiger partial charge in [-0.3, -0.25) is 14.9 Å². The van der Waals surface area contributed by atoms with Crippen LogP contribution < -0.4 is 25.4 Å². The Balaban J connectivity index is 1.78. The van der Waals surface area contributed by atoms with E-state index in [2.05, 4.69) is 16.0 Å². The van der Waals surface area contributed by atoms with Crippen LogP contribution in [0.15, 0.2) is 30.3 Å². The van der Waals surface area contributed by atoms with E-state index in [1.807, 2.05) is 26.0 Å². The normalized spacial score (nSPS) is 24.8. The molecular weight excluding hydrogens is 410 g/mol. The molecule has 0 saturated carbocycles. The van der Waals surface area contributed by atoms with Gasteiger partial charge in [-0.1, -0.05) is 17.7 Å². The summed E-state index contributed by atoms with van der Waals surface area (Å²) in [4.78, 5) is 27.0. The van der Waals surface area contributed by atoms with Crippen LogP contribution in [-0.4, -0.2) is 43.3 Å². The number of fused-ring (bicyclic) bond motifs is 2. The number of amides is 2. The number of rotatable bonds is 5. The minimum absolute atomic E-state index is 0.290. The first-order valence-corrected chi connectivity index (χ1v) is 10.6. The maximum atomic E-state index is 13.6. The van der Waals surface area contributed by atoms with E-state index < -0.39 is 23.6 Å². The molecule has 32 heavy (non-hydrogen) atoms. The monoisotopic (exact) mass is 439 g/mol. The second-order valence-electron chi connectivity index (χ2n) is 8.60. The number of methoxy groups -OCH3 is 2. The van der Waals surface area contributed by atoms with Gasteiger partial charge < -0.3 is 25.2 Å². The highest BCUT2D eigenvalue weighted by Gasteiger charge is 2.61. The third-order valence-corrected chi connectivity index (χ3v) is 6.49. The van der Waals surface area contributed by atoms with E-state index in [9.17, 15) is 14.7 Å². The number of aryl methyl sites for hydroxylation is 2. The molecule has 1 fully saturated rings. The summed E-state index contributed by atoms with van der Waals surface area (Å²) in [7, 11) is 3.06. The lowest BCUT2D eigenvalue weighted by Crippen LogP contribution is -2.53. The lowest BCUT2D eigenvalue weighted by atomic mass is 9.78. The Kier molecular flexibility index (Phi) is 5.60. The first-order valence-electron chi connectivity index (χ1n) is 10.6. The summed E-state index contributed by atoms with van der Waals surface area (Å²) in [5.74, 6) is -0.330. The molecule has 0 unspecified atom stereocenters. The summed E-state index contributed by atoms with van der Waals surface area (Å²) < 4.78 is 10.7. The Morgan fingerprint density at radius 3 is 2.62 bits per heavy atom. The van der Waals surface area contributed by atoms with Gasteiger partial charge in [0, 0.05) is 23.4 Å². The van der Waals surface area contributed by atoms with Gasteiger partial charge in [0.05, 0.1) is 31.9 Å². The second-order valence-corrected chi connectivity index (χ2v) is 8.60. The van der Waals surface area contributed by atoms with Crippen molar-refractivity contribution in [3.8, 4) is 11.5 Å². The van der Waals surface area contributed by atoms with Crippen LogP contribution in [0.25, 0.3) is 0 Å². The summed E-state index contributed by atoms with van der Waals surface area (Å²) in [6.07, 6.45) is -0.436. The van der Waals surface area contributed by atoms with Crippen molar-refractivity contribution in [2.24, 2.45) is 5.92 Å². The van der Waals surface area contributed by atoms with Crippen LogP contribution in [0.5, 0.6) is 11.5 Å². The first-order chi connectivity index (χ1) is 15.2. The summed E-state index contributed by atoms with van der Waals surface area (Å²) in [6.45, 7) is 5.55. The van der Waals surface area contributed by atoms with Gasteiger partial charge in [0.2, 0.25) is 11.8 Å². The minimum Gasteiger partial charge on any atom is -0.497 e. The molecule has 0 bridgehead atoms. The summed E-state index contributed by atoms with van der Waals surface area (Å²) in [6, 6.07) is 8.63. The van der Waals surface area contributed by atoms with Crippen LogP contribution in [0, 0.1) is 19.8 Å². The molecule has 1 saturated heterocycles. The molecule has 2 amide bonds. The first kappa shape index (κ1) is 22.1. The van der Waals surface area contributed by atoms with E-state index >= 15 is 0 Å². The third kappa shape index (κ3) is 3.40. The zero-order valence-corrected chi connectivity index (χ0v) is 18.9. The molecule has 2 aliphatic heterocycles. The zero-order valence-electron chi connectivity index (χ0n) is 18.9. The predicted octanol–water partition coefficient (Wildman–Crippen LogP) is 2.47. The maximum absolute atomic E-state index is 13.6. The average Bonchev–Trinajstić information content (AvgIpc) is 3.29. The predicted molar refractivity (Wildman–Crippen MR) is 121 cm³/mol. The number of hydrogen-bond acceptors (Lipinski definition) is 6. The fourth-order valence-corrected chi connectivity index (χ4v) is 4.90. The van der Waals surface area contributed by atoms with Crippen LogP contribution in [-0.2, 0) is 15.1 Å². The van der Waals surface area contributed by atoms with E-state index in [-0.39, 0.29) is 11.8 Å². The molecule has 170 valence electrons. The lowest BCUT2D eigenvalue weighted by Gasteiger charge is -2.30. The molecule has 4 atom stereocenters.